The number of aryl methyl sites for hydroxylation is 2. The zero-order chi connectivity index (χ0) is 15.4. The van der Waals surface area contributed by atoms with E-state index in [1.54, 1.807) is 0 Å². The summed E-state index contributed by atoms with van der Waals surface area (Å²) in [6.07, 6.45) is 1.69. The molecule has 3 heteroatoms. The maximum absolute atomic E-state index is 6.33. The minimum atomic E-state index is 0.115. The first kappa shape index (κ1) is 15.9. The Balaban J connectivity index is 2.36. The minimum absolute atomic E-state index is 0.115. The molecule has 1 unspecified atom stereocenters. The molecule has 2 N–H and O–H groups in total. The summed E-state index contributed by atoms with van der Waals surface area (Å²) < 4.78 is 6.11. The van der Waals surface area contributed by atoms with Gasteiger partial charge >= 0.3 is 0 Å². The smallest absolute Gasteiger partial charge is 0.149 e. The molecule has 0 fully saturated rings. The molecule has 0 spiro atoms. The van der Waals surface area contributed by atoms with Gasteiger partial charge in [0, 0.05) is 6.04 Å². The lowest BCUT2D eigenvalue weighted by atomic mass is 10.0. The van der Waals surface area contributed by atoms with Crippen LogP contribution in [0.15, 0.2) is 36.4 Å². The van der Waals surface area contributed by atoms with Crippen molar-refractivity contribution in [2.24, 2.45) is 5.73 Å². The quantitative estimate of drug-likeness (QED) is 0.841. The van der Waals surface area contributed by atoms with E-state index in [2.05, 4.69) is 19.1 Å². The van der Waals surface area contributed by atoms with Crippen molar-refractivity contribution in [2.45, 2.75) is 39.7 Å². The molecule has 0 aromatic heterocycles. The Morgan fingerprint density at radius 1 is 1.19 bits per heavy atom. The van der Waals surface area contributed by atoms with Crippen molar-refractivity contribution in [3.8, 4) is 11.5 Å². The van der Waals surface area contributed by atoms with E-state index in [-0.39, 0.29) is 6.04 Å². The minimum Gasteiger partial charge on any atom is -0.455 e. The van der Waals surface area contributed by atoms with Gasteiger partial charge in [-0.05, 0) is 55.5 Å². The SMILES string of the molecule is CCC(N)Cc1cccc(Cl)c1Oc1cc(C)ccc1C. The summed E-state index contributed by atoms with van der Waals surface area (Å²) >= 11 is 6.33. The molecule has 0 saturated heterocycles. The summed E-state index contributed by atoms with van der Waals surface area (Å²) in [5, 5.41) is 0.622. The lowest BCUT2D eigenvalue weighted by molar-refractivity contribution is 0.468. The molecule has 2 aromatic rings. The van der Waals surface area contributed by atoms with Crippen molar-refractivity contribution in [2.75, 3.05) is 0 Å². The maximum atomic E-state index is 6.33. The van der Waals surface area contributed by atoms with E-state index in [4.69, 9.17) is 22.1 Å². The third-order valence-corrected chi connectivity index (χ3v) is 3.91. The predicted octanol–water partition coefficient (Wildman–Crippen LogP) is 5.03. The van der Waals surface area contributed by atoms with E-state index in [9.17, 15) is 0 Å². The molecule has 2 rings (SSSR count). The van der Waals surface area contributed by atoms with E-state index >= 15 is 0 Å². The Kier molecular flexibility index (Phi) is 5.27. The number of ether oxygens (including phenoxy) is 1. The highest BCUT2D eigenvalue weighted by Gasteiger charge is 2.13. The molecule has 0 aliphatic rings. The van der Waals surface area contributed by atoms with Gasteiger partial charge in [0.05, 0.1) is 5.02 Å². The average Bonchev–Trinajstić information content (AvgIpc) is 2.46. The van der Waals surface area contributed by atoms with Crippen LogP contribution in [0, 0.1) is 13.8 Å². The fraction of sp³-hybridized carbons (Fsp3) is 0.333. The molecule has 1 atom stereocenters. The van der Waals surface area contributed by atoms with Crippen LogP contribution in [-0.4, -0.2) is 6.04 Å². The Hall–Kier alpha value is -1.51. The fourth-order valence-corrected chi connectivity index (χ4v) is 2.42. The second kappa shape index (κ2) is 6.97. The molecule has 2 nitrogen and oxygen atoms in total. The summed E-state index contributed by atoms with van der Waals surface area (Å²) in [5.41, 5.74) is 9.38. The van der Waals surface area contributed by atoms with Crippen LogP contribution < -0.4 is 10.5 Å². The van der Waals surface area contributed by atoms with Gasteiger partial charge in [0.25, 0.3) is 0 Å². The lowest BCUT2D eigenvalue weighted by Crippen LogP contribution is -2.21. The second-order valence-corrected chi connectivity index (χ2v) is 5.88. The maximum Gasteiger partial charge on any atom is 0.149 e. The fourth-order valence-electron chi connectivity index (χ4n) is 2.18. The van der Waals surface area contributed by atoms with Crippen LogP contribution in [0.4, 0.5) is 0 Å². The van der Waals surface area contributed by atoms with Crippen molar-refractivity contribution in [1.29, 1.82) is 0 Å². The summed E-state index contributed by atoms with van der Waals surface area (Å²) in [4.78, 5) is 0. The van der Waals surface area contributed by atoms with E-state index in [0.29, 0.717) is 5.02 Å². The molecular weight excluding hydrogens is 282 g/mol. The first-order valence-corrected chi connectivity index (χ1v) is 7.67. The molecular formula is C18H22ClNO. The molecule has 0 aliphatic carbocycles. The highest BCUT2D eigenvalue weighted by atomic mass is 35.5. The third-order valence-electron chi connectivity index (χ3n) is 3.61. The van der Waals surface area contributed by atoms with Gasteiger partial charge in [-0.15, -0.1) is 0 Å². The molecule has 0 heterocycles. The van der Waals surface area contributed by atoms with Gasteiger partial charge < -0.3 is 10.5 Å². The van der Waals surface area contributed by atoms with Gasteiger partial charge in [-0.1, -0.05) is 42.8 Å². The molecule has 0 radical (unpaired) electrons. The van der Waals surface area contributed by atoms with Gasteiger partial charge in [0.1, 0.15) is 11.5 Å². The third kappa shape index (κ3) is 3.99. The first-order chi connectivity index (χ1) is 10.0. The first-order valence-electron chi connectivity index (χ1n) is 7.29. The number of nitrogens with two attached hydrogens (primary N) is 1. The standard InChI is InChI=1S/C18H22ClNO/c1-4-15(20)11-14-6-5-7-16(19)18(14)21-17-10-12(2)8-9-13(17)3/h5-10,15H,4,11,20H2,1-3H3. The number of benzene rings is 2. The predicted molar refractivity (Wildman–Crippen MR) is 89.4 cm³/mol. The number of halogens is 1. The van der Waals surface area contributed by atoms with Crippen molar-refractivity contribution in [3.63, 3.8) is 0 Å². The zero-order valence-corrected chi connectivity index (χ0v) is 13.6. The van der Waals surface area contributed by atoms with Crippen LogP contribution in [0.5, 0.6) is 11.5 Å². The number of para-hydroxylation sites is 1. The van der Waals surface area contributed by atoms with Crippen molar-refractivity contribution in [3.05, 3.63) is 58.1 Å². The normalized spacial score (nSPS) is 12.2. The average molecular weight is 304 g/mol. The largest absolute Gasteiger partial charge is 0.455 e. The van der Waals surface area contributed by atoms with Crippen molar-refractivity contribution in [1.82, 2.24) is 0 Å². The van der Waals surface area contributed by atoms with Crippen LogP contribution in [-0.2, 0) is 6.42 Å². The molecule has 0 amide bonds. The van der Waals surface area contributed by atoms with Crippen molar-refractivity contribution >= 4 is 11.6 Å². The monoisotopic (exact) mass is 303 g/mol. The second-order valence-electron chi connectivity index (χ2n) is 5.47. The Bertz CT molecular complexity index is 625. The molecule has 0 bridgehead atoms. The molecule has 112 valence electrons. The van der Waals surface area contributed by atoms with E-state index in [1.165, 1.54) is 0 Å². The number of hydrogen-bond donors (Lipinski definition) is 1. The molecule has 0 saturated carbocycles. The Morgan fingerprint density at radius 2 is 1.95 bits per heavy atom. The van der Waals surface area contributed by atoms with Crippen LogP contribution in [0.2, 0.25) is 5.02 Å². The molecule has 2 aromatic carbocycles. The van der Waals surface area contributed by atoms with Gasteiger partial charge in [-0.25, -0.2) is 0 Å². The Labute approximate surface area is 131 Å². The van der Waals surface area contributed by atoms with E-state index < -0.39 is 0 Å². The summed E-state index contributed by atoms with van der Waals surface area (Å²) in [6, 6.07) is 12.1. The van der Waals surface area contributed by atoms with Crippen molar-refractivity contribution < 1.29 is 4.74 Å². The van der Waals surface area contributed by atoms with Crippen LogP contribution in [0.25, 0.3) is 0 Å². The number of rotatable bonds is 5. The lowest BCUT2D eigenvalue weighted by Gasteiger charge is -2.17. The van der Waals surface area contributed by atoms with Crippen LogP contribution >= 0.6 is 11.6 Å². The van der Waals surface area contributed by atoms with Gasteiger partial charge in [-0.2, -0.15) is 0 Å². The Morgan fingerprint density at radius 3 is 2.67 bits per heavy atom. The van der Waals surface area contributed by atoms with Gasteiger partial charge in [0.15, 0.2) is 0 Å². The van der Waals surface area contributed by atoms with E-state index in [0.717, 1.165) is 41.0 Å². The summed E-state index contributed by atoms with van der Waals surface area (Å²) in [6.45, 7) is 6.16. The molecule has 21 heavy (non-hydrogen) atoms. The molecule has 0 aliphatic heterocycles. The van der Waals surface area contributed by atoms with E-state index in [1.807, 2.05) is 38.1 Å². The van der Waals surface area contributed by atoms with Gasteiger partial charge in [-0.3, -0.25) is 0 Å². The van der Waals surface area contributed by atoms with Crippen LogP contribution in [0.3, 0.4) is 0 Å². The topological polar surface area (TPSA) is 35.2 Å². The number of hydrogen-bond acceptors (Lipinski definition) is 2. The van der Waals surface area contributed by atoms with Gasteiger partial charge in [0.2, 0.25) is 0 Å². The zero-order valence-electron chi connectivity index (χ0n) is 12.8. The highest BCUT2D eigenvalue weighted by molar-refractivity contribution is 6.32. The van der Waals surface area contributed by atoms with Crippen LogP contribution in [0.1, 0.15) is 30.0 Å². The summed E-state index contributed by atoms with van der Waals surface area (Å²) in [7, 11) is 0. The summed E-state index contributed by atoms with van der Waals surface area (Å²) in [5.74, 6) is 1.56. The highest BCUT2D eigenvalue weighted by Crippen LogP contribution is 2.35.